The molecule has 5 rings (SSSR count). The number of carbonyl (C=O) groups is 1. The Kier molecular flexibility index (Phi) is 5.50. The molecule has 0 spiro atoms. The minimum atomic E-state index is -0.511. The number of hydrogen-bond acceptors (Lipinski definition) is 5. The molecule has 1 amide bonds. The highest BCUT2D eigenvalue weighted by atomic mass is 32.1. The summed E-state index contributed by atoms with van der Waals surface area (Å²) < 4.78 is 2.71. The number of thiazole rings is 1. The highest BCUT2D eigenvalue weighted by Crippen LogP contribution is 2.28. The Bertz CT molecular complexity index is 1480. The molecule has 7 heteroatoms. The van der Waals surface area contributed by atoms with Crippen molar-refractivity contribution < 1.29 is 4.79 Å². The van der Waals surface area contributed by atoms with Crippen LogP contribution in [0.3, 0.4) is 0 Å². The van der Waals surface area contributed by atoms with Crippen LogP contribution in [-0.2, 0) is 4.79 Å². The molecule has 0 aliphatic heterocycles. The van der Waals surface area contributed by atoms with Crippen LogP contribution in [0.2, 0.25) is 0 Å². The molecule has 5 aromatic rings. The van der Waals surface area contributed by atoms with Gasteiger partial charge in [-0.2, -0.15) is 10.4 Å². The molecule has 2 aromatic heterocycles. The molecule has 158 valence electrons. The Hall–Kier alpha value is -4.54. The highest BCUT2D eigenvalue weighted by Gasteiger charge is 2.16. The number of benzene rings is 3. The van der Waals surface area contributed by atoms with Gasteiger partial charge in [0.15, 0.2) is 5.13 Å². The Morgan fingerprint density at radius 2 is 1.67 bits per heavy atom. The van der Waals surface area contributed by atoms with Gasteiger partial charge in [-0.05, 0) is 30.3 Å². The third kappa shape index (κ3) is 4.28. The minimum Gasteiger partial charge on any atom is -0.297 e. The second-order valence-electron chi connectivity index (χ2n) is 7.19. The summed E-state index contributed by atoms with van der Waals surface area (Å²) in [6, 6.07) is 29.0. The monoisotopic (exact) mass is 447 g/mol. The van der Waals surface area contributed by atoms with Gasteiger partial charge < -0.3 is 0 Å². The van der Waals surface area contributed by atoms with Crippen molar-refractivity contribution in [3.63, 3.8) is 0 Å². The topological polar surface area (TPSA) is 83.6 Å². The smallest absolute Gasteiger partial charge is 0.268 e. The summed E-state index contributed by atoms with van der Waals surface area (Å²) in [5.41, 5.74) is 3.89. The van der Waals surface area contributed by atoms with Gasteiger partial charge in [-0.3, -0.25) is 10.1 Å². The summed E-state index contributed by atoms with van der Waals surface area (Å²) in [6.45, 7) is 0. The molecule has 0 atom stereocenters. The van der Waals surface area contributed by atoms with E-state index in [9.17, 15) is 10.1 Å². The molecule has 0 radical (unpaired) electrons. The normalized spacial score (nSPS) is 11.3. The highest BCUT2D eigenvalue weighted by molar-refractivity contribution is 7.22. The molecular formula is C26H17N5OS. The van der Waals surface area contributed by atoms with E-state index in [2.05, 4.69) is 10.3 Å². The molecule has 0 aliphatic carbocycles. The largest absolute Gasteiger partial charge is 0.297 e. The van der Waals surface area contributed by atoms with Crippen molar-refractivity contribution in [1.29, 1.82) is 5.26 Å². The molecule has 6 nitrogen and oxygen atoms in total. The first-order valence-electron chi connectivity index (χ1n) is 10.2. The van der Waals surface area contributed by atoms with E-state index in [0.717, 1.165) is 21.5 Å². The zero-order valence-electron chi connectivity index (χ0n) is 17.3. The lowest BCUT2D eigenvalue weighted by atomic mass is 10.1. The minimum absolute atomic E-state index is 0.0287. The fourth-order valence-corrected chi connectivity index (χ4v) is 4.28. The number of nitriles is 1. The molecular weight excluding hydrogens is 430 g/mol. The number of nitrogens with zero attached hydrogens (tertiary/aromatic N) is 4. The van der Waals surface area contributed by atoms with Crippen LogP contribution in [0, 0.1) is 11.3 Å². The van der Waals surface area contributed by atoms with Gasteiger partial charge in [0.1, 0.15) is 11.6 Å². The third-order valence-electron chi connectivity index (χ3n) is 4.99. The quantitative estimate of drug-likeness (QED) is 0.277. The van der Waals surface area contributed by atoms with Crippen LogP contribution in [0.15, 0.2) is 96.7 Å². The predicted octanol–water partition coefficient (Wildman–Crippen LogP) is 5.69. The van der Waals surface area contributed by atoms with Gasteiger partial charge in [-0.1, -0.05) is 72.0 Å². The number of aromatic nitrogens is 3. The number of fused-ring (bicyclic) bond motifs is 1. The van der Waals surface area contributed by atoms with Crippen LogP contribution in [-0.4, -0.2) is 20.7 Å². The van der Waals surface area contributed by atoms with Crippen molar-refractivity contribution in [1.82, 2.24) is 14.8 Å². The van der Waals surface area contributed by atoms with Gasteiger partial charge in [-0.25, -0.2) is 9.67 Å². The number of nitrogens with one attached hydrogen (secondary N) is 1. The Morgan fingerprint density at radius 1 is 0.970 bits per heavy atom. The molecule has 0 bridgehead atoms. The standard InChI is InChI=1S/C26H17N5OS/c27-16-19(25(32)29-26-28-22-13-7-8-14-23(22)33-26)15-20-17-31(21-11-5-2-6-12-21)30-24(20)18-9-3-1-4-10-18/h1-15,17H,(H,28,29,32)/b19-15+. The summed E-state index contributed by atoms with van der Waals surface area (Å²) >= 11 is 1.37. The number of amides is 1. The van der Waals surface area contributed by atoms with Crippen LogP contribution in [0.25, 0.3) is 33.2 Å². The lowest BCUT2D eigenvalue weighted by molar-refractivity contribution is -0.112. The van der Waals surface area contributed by atoms with Crippen molar-refractivity contribution in [3.8, 4) is 23.0 Å². The number of anilines is 1. The molecule has 3 aromatic carbocycles. The first-order chi connectivity index (χ1) is 16.2. The molecule has 0 fully saturated rings. The van der Waals surface area contributed by atoms with Crippen molar-refractivity contribution in [3.05, 3.63) is 102 Å². The molecule has 0 unspecified atom stereocenters. The first-order valence-corrected chi connectivity index (χ1v) is 11.0. The summed E-state index contributed by atoms with van der Waals surface area (Å²) in [5.74, 6) is -0.511. The summed E-state index contributed by atoms with van der Waals surface area (Å²) in [7, 11) is 0. The van der Waals surface area contributed by atoms with E-state index in [1.807, 2.05) is 97.2 Å². The summed E-state index contributed by atoms with van der Waals surface area (Å²) in [5, 5.41) is 17.7. The van der Waals surface area contributed by atoms with E-state index in [-0.39, 0.29) is 5.57 Å². The maximum Gasteiger partial charge on any atom is 0.268 e. The molecule has 2 heterocycles. The van der Waals surface area contributed by atoms with Gasteiger partial charge in [0.25, 0.3) is 5.91 Å². The molecule has 0 saturated heterocycles. The zero-order chi connectivity index (χ0) is 22.6. The van der Waals surface area contributed by atoms with Crippen LogP contribution in [0.1, 0.15) is 5.56 Å². The van der Waals surface area contributed by atoms with Crippen LogP contribution >= 0.6 is 11.3 Å². The average molecular weight is 448 g/mol. The Morgan fingerprint density at radius 3 is 2.39 bits per heavy atom. The van der Waals surface area contributed by atoms with Crippen molar-refractivity contribution in [2.24, 2.45) is 0 Å². The van der Waals surface area contributed by atoms with E-state index < -0.39 is 5.91 Å². The van der Waals surface area contributed by atoms with Crippen LogP contribution in [0.4, 0.5) is 5.13 Å². The van der Waals surface area contributed by atoms with E-state index in [0.29, 0.717) is 16.4 Å². The van der Waals surface area contributed by atoms with Crippen molar-refractivity contribution >= 4 is 38.7 Å². The van der Waals surface area contributed by atoms with E-state index in [1.165, 1.54) is 11.3 Å². The molecule has 33 heavy (non-hydrogen) atoms. The second kappa shape index (κ2) is 8.91. The molecule has 0 saturated carbocycles. The predicted molar refractivity (Wildman–Crippen MR) is 131 cm³/mol. The average Bonchev–Trinajstić information content (AvgIpc) is 3.47. The second-order valence-corrected chi connectivity index (χ2v) is 8.22. The van der Waals surface area contributed by atoms with Crippen LogP contribution in [0.5, 0.6) is 0 Å². The van der Waals surface area contributed by atoms with Crippen LogP contribution < -0.4 is 5.32 Å². The maximum atomic E-state index is 12.9. The van der Waals surface area contributed by atoms with E-state index >= 15 is 0 Å². The number of rotatable bonds is 5. The maximum absolute atomic E-state index is 12.9. The number of para-hydroxylation sites is 2. The van der Waals surface area contributed by atoms with Gasteiger partial charge >= 0.3 is 0 Å². The SMILES string of the molecule is N#C/C(=C\c1cn(-c2ccccc2)nc1-c1ccccc1)C(=O)Nc1nc2ccccc2s1. The number of hydrogen-bond donors (Lipinski definition) is 1. The lowest BCUT2D eigenvalue weighted by Crippen LogP contribution is -2.13. The molecule has 0 aliphatic rings. The van der Waals surface area contributed by atoms with Crippen molar-refractivity contribution in [2.45, 2.75) is 0 Å². The van der Waals surface area contributed by atoms with Crippen molar-refractivity contribution in [2.75, 3.05) is 5.32 Å². The Labute approximate surface area is 194 Å². The van der Waals surface area contributed by atoms with Gasteiger partial charge in [0, 0.05) is 17.3 Å². The fourth-order valence-electron chi connectivity index (χ4n) is 3.42. The molecule has 1 N–H and O–H groups in total. The fraction of sp³-hybridized carbons (Fsp3) is 0. The third-order valence-corrected chi connectivity index (χ3v) is 5.94. The summed E-state index contributed by atoms with van der Waals surface area (Å²) in [6.07, 6.45) is 3.39. The first kappa shape index (κ1) is 20.4. The Balaban J connectivity index is 1.52. The number of carbonyl (C=O) groups excluding carboxylic acids is 1. The van der Waals surface area contributed by atoms with Gasteiger partial charge in [-0.15, -0.1) is 0 Å². The lowest BCUT2D eigenvalue weighted by Gasteiger charge is -2.01. The summed E-state index contributed by atoms with van der Waals surface area (Å²) in [4.78, 5) is 17.3. The van der Waals surface area contributed by atoms with Gasteiger partial charge in [0.05, 0.1) is 21.6 Å². The zero-order valence-corrected chi connectivity index (χ0v) is 18.2. The van der Waals surface area contributed by atoms with E-state index in [4.69, 9.17) is 5.10 Å². The van der Waals surface area contributed by atoms with E-state index in [1.54, 1.807) is 10.8 Å². The van der Waals surface area contributed by atoms with Gasteiger partial charge in [0.2, 0.25) is 0 Å².